The normalized spacial score (nSPS) is 14.5. The maximum atomic E-state index is 11.2. The summed E-state index contributed by atoms with van der Waals surface area (Å²) in [5, 5.41) is 11.5. The van der Waals surface area contributed by atoms with Gasteiger partial charge in [0.25, 0.3) is 0 Å². The van der Waals surface area contributed by atoms with Crippen LogP contribution >= 0.6 is 0 Å². The molecule has 0 aliphatic heterocycles. The van der Waals surface area contributed by atoms with Gasteiger partial charge in [-0.05, 0) is 20.3 Å². The van der Waals surface area contributed by atoms with Gasteiger partial charge in [-0.2, -0.15) is 0 Å². The first-order valence-corrected chi connectivity index (χ1v) is 4.67. The maximum Gasteiger partial charge on any atom is 0.220 e. The molecule has 2 amide bonds. The highest BCUT2D eigenvalue weighted by molar-refractivity contribution is 5.78. The molecule has 0 aromatic carbocycles. The van der Waals surface area contributed by atoms with Crippen molar-refractivity contribution in [2.24, 2.45) is 5.73 Å². The molecular formula is C9H18N2O3. The van der Waals surface area contributed by atoms with E-state index in [2.05, 4.69) is 5.32 Å². The topological polar surface area (TPSA) is 92.4 Å². The first kappa shape index (κ1) is 12.9. The number of nitrogens with one attached hydrogen (secondary N) is 1. The summed E-state index contributed by atoms with van der Waals surface area (Å²) in [7, 11) is 0. The Morgan fingerprint density at radius 3 is 2.43 bits per heavy atom. The second-order valence-electron chi connectivity index (χ2n) is 3.53. The van der Waals surface area contributed by atoms with E-state index in [0.29, 0.717) is 6.42 Å². The number of nitrogens with two attached hydrogens (primary N) is 1. The van der Waals surface area contributed by atoms with E-state index in [1.807, 2.05) is 0 Å². The summed E-state index contributed by atoms with van der Waals surface area (Å²) in [5.74, 6) is -0.604. The van der Waals surface area contributed by atoms with Gasteiger partial charge in [0.2, 0.25) is 11.8 Å². The lowest BCUT2D eigenvalue weighted by molar-refractivity contribution is -0.122. The van der Waals surface area contributed by atoms with Crippen LogP contribution in [0.2, 0.25) is 0 Å². The molecular weight excluding hydrogens is 184 g/mol. The third-order valence-corrected chi connectivity index (χ3v) is 1.70. The molecule has 0 heterocycles. The van der Waals surface area contributed by atoms with Gasteiger partial charge in [-0.3, -0.25) is 9.59 Å². The van der Waals surface area contributed by atoms with Crippen LogP contribution in [0.3, 0.4) is 0 Å². The van der Waals surface area contributed by atoms with E-state index in [1.165, 1.54) is 0 Å². The number of carbonyl (C=O) groups excluding carboxylic acids is 2. The van der Waals surface area contributed by atoms with Crippen molar-refractivity contribution in [3.63, 3.8) is 0 Å². The number of aliphatic hydroxyl groups is 1. The first-order chi connectivity index (χ1) is 6.41. The minimum absolute atomic E-state index is 0.139. The lowest BCUT2D eigenvalue weighted by Crippen LogP contribution is -2.35. The zero-order chi connectivity index (χ0) is 11.1. The zero-order valence-corrected chi connectivity index (χ0v) is 8.62. The van der Waals surface area contributed by atoms with Crippen molar-refractivity contribution in [1.29, 1.82) is 0 Å². The Morgan fingerprint density at radius 2 is 2.00 bits per heavy atom. The molecule has 0 spiro atoms. The van der Waals surface area contributed by atoms with Crippen LogP contribution in [0.1, 0.15) is 33.1 Å². The van der Waals surface area contributed by atoms with Crippen molar-refractivity contribution in [3.8, 4) is 0 Å². The predicted molar refractivity (Wildman–Crippen MR) is 52.3 cm³/mol. The molecule has 0 rings (SSSR count). The van der Waals surface area contributed by atoms with Crippen LogP contribution in [0.5, 0.6) is 0 Å². The highest BCUT2D eigenvalue weighted by Gasteiger charge is 2.10. The number of carbonyl (C=O) groups is 2. The molecule has 4 N–H and O–H groups in total. The molecule has 0 aromatic heterocycles. The number of hydrogen-bond acceptors (Lipinski definition) is 3. The fraction of sp³-hybridized carbons (Fsp3) is 0.778. The molecule has 0 aromatic rings. The monoisotopic (exact) mass is 202 g/mol. The van der Waals surface area contributed by atoms with Crippen molar-refractivity contribution in [3.05, 3.63) is 0 Å². The lowest BCUT2D eigenvalue weighted by Gasteiger charge is -2.12. The molecule has 0 aliphatic carbocycles. The van der Waals surface area contributed by atoms with Crippen LogP contribution < -0.4 is 11.1 Å². The maximum absolute atomic E-state index is 11.2. The molecule has 0 radical (unpaired) electrons. The number of primary amides is 1. The second-order valence-corrected chi connectivity index (χ2v) is 3.53. The quantitative estimate of drug-likeness (QED) is 0.543. The number of rotatable bonds is 6. The Morgan fingerprint density at radius 1 is 1.43 bits per heavy atom. The van der Waals surface area contributed by atoms with E-state index in [0.717, 1.165) is 0 Å². The van der Waals surface area contributed by atoms with Crippen molar-refractivity contribution in [2.45, 2.75) is 45.3 Å². The summed E-state index contributed by atoms with van der Waals surface area (Å²) >= 11 is 0. The lowest BCUT2D eigenvalue weighted by atomic mass is 10.2. The van der Waals surface area contributed by atoms with E-state index in [1.54, 1.807) is 13.8 Å². The minimum atomic E-state index is -0.479. The van der Waals surface area contributed by atoms with Crippen LogP contribution in [-0.2, 0) is 9.59 Å². The molecule has 2 unspecified atom stereocenters. The summed E-state index contributed by atoms with van der Waals surface area (Å²) in [5.41, 5.74) is 4.96. The molecule has 14 heavy (non-hydrogen) atoms. The molecule has 82 valence electrons. The number of amides is 2. The summed E-state index contributed by atoms with van der Waals surface area (Å²) in [6, 6.07) is -0.242. The van der Waals surface area contributed by atoms with E-state index in [4.69, 9.17) is 10.8 Å². The third-order valence-electron chi connectivity index (χ3n) is 1.70. The van der Waals surface area contributed by atoms with Gasteiger partial charge in [0.1, 0.15) is 0 Å². The average molecular weight is 202 g/mol. The minimum Gasteiger partial charge on any atom is -0.393 e. The van der Waals surface area contributed by atoms with Gasteiger partial charge in [-0.1, -0.05) is 0 Å². The Hall–Kier alpha value is -1.10. The van der Waals surface area contributed by atoms with E-state index in [9.17, 15) is 9.59 Å². The fourth-order valence-electron chi connectivity index (χ4n) is 1.04. The van der Waals surface area contributed by atoms with Crippen molar-refractivity contribution in [2.75, 3.05) is 0 Å². The molecule has 0 saturated carbocycles. The van der Waals surface area contributed by atoms with Crippen LogP contribution in [0.4, 0.5) is 0 Å². The van der Waals surface area contributed by atoms with Gasteiger partial charge in [0, 0.05) is 18.9 Å². The summed E-state index contributed by atoms with van der Waals surface area (Å²) in [6.07, 6.45) is 0.350. The van der Waals surface area contributed by atoms with Gasteiger partial charge in [-0.15, -0.1) is 0 Å². The molecule has 5 heteroatoms. The molecule has 0 bridgehead atoms. The van der Waals surface area contributed by atoms with E-state index < -0.39 is 12.0 Å². The largest absolute Gasteiger partial charge is 0.393 e. The smallest absolute Gasteiger partial charge is 0.220 e. The first-order valence-electron chi connectivity index (χ1n) is 4.67. The third kappa shape index (κ3) is 7.54. The summed E-state index contributed by atoms with van der Waals surface area (Å²) < 4.78 is 0. The Balaban J connectivity index is 3.66. The Labute approximate surface area is 83.7 Å². The van der Waals surface area contributed by atoms with E-state index >= 15 is 0 Å². The standard InChI is InChI=1S/C9H18N2O3/c1-6(5-8(10)13)11-9(14)4-3-7(2)12/h6-7,12H,3-5H2,1-2H3,(H2,10,13)(H,11,14). The van der Waals surface area contributed by atoms with Gasteiger partial charge in [0.15, 0.2) is 0 Å². The fourth-order valence-corrected chi connectivity index (χ4v) is 1.04. The molecule has 0 saturated heterocycles. The summed E-state index contributed by atoms with van der Waals surface area (Å²) in [4.78, 5) is 21.7. The predicted octanol–water partition coefficient (Wildman–Crippen LogP) is -0.472. The number of hydrogen-bond donors (Lipinski definition) is 3. The van der Waals surface area contributed by atoms with Crippen LogP contribution in [0.25, 0.3) is 0 Å². The molecule has 2 atom stereocenters. The van der Waals surface area contributed by atoms with Crippen molar-refractivity contribution >= 4 is 11.8 Å². The van der Waals surface area contributed by atoms with Gasteiger partial charge >= 0.3 is 0 Å². The van der Waals surface area contributed by atoms with Gasteiger partial charge < -0.3 is 16.2 Å². The van der Waals surface area contributed by atoms with Gasteiger partial charge in [0.05, 0.1) is 6.10 Å². The highest BCUT2D eigenvalue weighted by atomic mass is 16.3. The van der Waals surface area contributed by atoms with Crippen molar-refractivity contribution < 1.29 is 14.7 Å². The molecule has 5 nitrogen and oxygen atoms in total. The zero-order valence-electron chi connectivity index (χ0n) is 8.62. The van der Waals surface area contributed by atoms with Crippen LogP contribution in [0.15, 0.2) is 0 Å². The van der Waals surface area contributed by atoms with Gasteiger partial charge in [-0.25, -0.2) is 0 Å². The highest BCUT2D eigenvalue weighted by Crippen LogP contribution is 1.97. The Bertz CT molecular complexity index is 204. The van der Waals surface area contributed by atoms with Crippen LogP contribution in [0, 0.1) is 0 Å². The molecule has 0 fully saturated rings. The molecule has 0 aliphatic rings. The Kier molecular flexibility index (Phi) is 5.87. The summed E-state index contributed by atoms with van der Waals surface area (Å²) in [6.45, 7) is 3.34. The number of aliphatic hydroxyl groups excluding tert-OH is 1. The SMILES string of the molecule is CC(O)CCC(=O)NC(C)CC(N)=O. The van der Waals surface area contributed by atoms with E-state index in [-0.39, 0.29) is 24.8 Å². The van der Waals surface area contributed by atoms with Crippen molar-refractivity contribution in [1.82, 2.24) is 5.32 Å². The van der Waals surface area contributed by atoms with Crippen LogP contribution in [-0.4, -0.2) is 29.1 Å². The second kappa shape index (κ2) is 6.37. The average Bonchev–Trinajstić information content (AvgIpc) is 1.98.